The van der Waals surface area contributed by atoms with E-state index in [0.717, 1.165) is 11.8 Å². The predicted octanol–water partition coefficient (Wildman–Crippen LogP) is -1.50. The molecule has 0 spiro atoms. The molecule has 0 saturated carbocycles. The summed E-state index contributed by atoms with van der Waals surface area (Å²) in [4.78, 5) is 35.7. The summed E-state index contributed by atoms with van der Waals surface area (Å²) >= 11 is 0. The summed E-state index contributed by atoms with van der Waals surface area (Å²) < 4.78 is 8.55. The summed E-state index contributed by atoms with van der Waals surface area (Å²) in [7, 11) is -5.39. The van der Waals surface area contributed by atoms with Gasteiger partial charge in [0.05, 0.1) is 0 Å². The van der Waals surface area contributed by atoms with Gasteiger partial charge in [-0.1, -0.05) is 30.3 Å². The third kappa shape index (κ3) is 19.8. The molecule has 0 aromatic heterocycles. The van der Waals surface area contributed by atoms with E-state index in [1.165, 1.54) is 0 Å². The van der Waals surface area contributed by atoms with Crippen LogP contribution in [0.4, 0.5) is 0 Å². The summed E-state index contributed by atoms with van der Waals surface area (Å²) in [6, 6.07) is 9.10. The quantitative estimate of drug-likeness (QED) is 0.449. The Hall–Kier alpha value is -0.456. The standard InChI is InChI=1S/C7H6O.H3O4P.H2O.V/c8-6-7-4-2-1-3-5-7;1-5(2,3)4;;/h1-6H;(H3,1,2,3,4);1H2;/q;;;+4/p-4. The second-order valence-corrected chi connectivity index (χ2v) is 2.87. The van der Waals surface area contributed by atoms with Crippen molar-refractivity contribution in [2.45, 2.75) is 0 Å². The van der Waals surface area contributed by atoms with Crippen molar-refractivity contribution in [3.05, 3.63) is 35.9 Å². The topological polar surface area (TPSA) is 133 Å². The van der Waals surface area contributed by atoms with Crippen LogP contribution in [0.1, 0.15) is 10.4 Å². The molecule has 0 aliphatic carbocycles. The fourth-order valence-corrected chi connectivity index (χ4v) is 0.532. The SMILES string of the molecule is O=Cc1ccccc1.O=P([O-])([O-])[O-].[OH-].[V+4]. The van der Waals surface area contributed by atoms with Crippen molar-refractivity contribution in [1.82, 2.24) is 0 Å². The van der Waals surface area contributed by atoms with Crippen LogP contribution in [0, 0.1) is 0 Å². The number of phosphoric acid groups is 1. The molecule has 15 heavy (non-hydrogen) atoms. The first-order chi connectivity index (χ1) is 5.93. The number of carbonyl (C=O) groups excluding carboxylic acids is 1. The Kier molecular flexibility index (Phi) is 13.4. The van der Waals surface area contributed by atoms with Crippen LogP contribution >= 0.6 is 7.82 Å². The molecule has 0 aliphatic rings. The van der Waals surface area contributed by atoms with Gasteiger partial charge < -0.3 is 24.7 Å². The molecule has 6 nitrogen and oxygen atoms in total. The van der Waals surface area contributed by atoms with Crippen molar-refractivity contribution in [3.63, 3.8) is 0 Å². The van der Waals surface area contributed by atoms with Gasteiger partial charge in [-0.15, -0.1) is 0 Å². The van der Waals surface area contributed by atoms with E-state index < -0.39 is 7.82 Å². The minimum atomic E-state index is -5.39. The van der Waals surface area contributed by atoms with E-state index in [0.29, 0.717) is 0 Å². The van der Waals surface area contributed by atoms with Gasteiger partial charge in [-0.25, -0.2) is 0 Å². The van der Waals surface area contributed by atoms with E-state index in [4.69, 9.17) is 19.2 Å². The van der Waals surface area contributed by atoms with Gasteiger partial charge in [-0.2, -0.15) is 7.82 Å². The Labute approximate surface area is 98.4 Å². The van der Waals surface area contributed by atoms with E-state index >= 15 is 0 Å². The second-order valence-electron chi connectivity index (χ2n) is 1.98. The van der Waals surface area contributed by atoms with Crippen molar-refractivity contribution in [2.75, 3.05) is 0 Å². The molecule has 0 atom stereocenters. The maximum atomic E-state index is 10.0. The van der Waals surface area contributed by atoms with Gasteiger partial charge in [0.15, 0.2) is 0 Å². The van der Waals surface area contributed by atoms with Crippen molar-refractivity contribution >= 4 is 14.1 Å². The largest absolute Gasteiger partial charge is 4.00 e. The van der Waals surface area contributed by atoms with Crippen LogP contribution in [0.2, 0.25) is 0 Å². The van der Waals surface area contributed by atoms with Gasteiger partial charge in [0.1, 0.15) is 6.29 Å². The van der Waals surface area contributed by atoms with Gasteiger partial charge in [0.25, 0.3) is 0 Å². The van der Waals surface area contributed by atoms with Gasteiger partial charge >= 0.3 is 18.6 Å². The number of rotatable bonds is 1. The van der Waals surface area contributed by atoms with Crippen LogP contribution in [0.3, 0.4) is 0 Å². The molecular formula is C7H7O6PV. The molecular weight excluding hydrogens is 262 g/mol. The molecule has 81 valence electrons. The van der Waals surface area contributed by atoms with E-state index in [9.17, 15) is 4.79 Å². The normalized spacial score (nSPS) is 8.47. The first-order valence-corrected chi connectivity index (χ1v) is 4.63. The average molecular weight is 269 g/mol. The Morgan fingerprint density at radius 2 is 1.40 bits per heavy atom. The number of hydrogen-bond donors (Lipinski definition) is 0. The summed E-state index contributed by atoms with van der Waals surface area (Å²) in [6.07, 6.45) is 0.833. The second kappa shape index (κ2) is 10.1. The number of benzene rings is 1. The fourth-order valence-electron chi connectivity index (χ4n) is 0.532. The molecule has 8 heteroatoms. The van der Waals surface area contributed by atoms with Gasteiger partial charge in [0.2, 0.25) is 0 Å². The van der Waals surface area contributed by atoms with E-state index in [1.807, 2.05) is 18.2 Å². The molecule has 0 bridgehead atoms. The Morgan fingerprint density at radius 1 is 1.07 bits per heavy atom. The molecule has 0 amide bonds. The minimum absolute atomic E-state index is 0. The van der Waals surface area contributed by atoms with Crippen molar-refractivity contribution in [1.29, 1.82) is 0 Å². The van der Waals surface area contributed by atoms with Crippen molar-refractivity contribution < 1.29 is 48.1 Å². The molecule has 1 aromatic rings. The monoisotopic (exact) mass is 269 g/mol. The molecule has 1 radical (unpaired) electrons. The first kappa shape index (κ1) is 20.0. The van der Waals surface area contributed by atoms with Crippen molar-refractivity contribution in [2.24, 2.45) is 0 Å². The summed E-state index contributed by atoms with van der Waals surface area (Å²) in [5, 5.41) is 0. The average Bonchev–Trinajstić information content (AvgIpc) is 2.03. The zero-order chi connectivity index (χ0) is 10.3. The molecule has 0 unspecified atom stereocenters. The van der Waals surface area contributed by atoms with Crippen LogP contribution in [-0.2, 0) is 23.1 Å². The van der Waals surface area contributed by atoms with Crippen LogP contribution in [0.25, 0.3) is 0 Å². The summed E-state index contributed by atoms with van der Waals surface area (Å²) in [5.74, 6) is 0. The number of carbonyl (C=O) groups is 1. The molecule has 1 N–H and O–H groups in total. The van der Waals surface area contributed by atoms with E-state index in [2.05, 4.69) is 0 Å². The molecule has 0 saturated heterocycles. The van der Waals surface area contributed by atoms with Crippen LogP contribution in [-0.4, -0.2) is 11.8 Å². The third-order valence-corrected chi connectivity index (χ3v) is 0.936. The predicted molar refractivity (Wildman–Crippen MR) is 41.4 cm³/mol. The zero-order valence-electron chi connectivity index (χ0n) is 7.35. The van der Waals surface area contributed by atoms with E-state index in [1.54, 1.807) is 12.1 Å². The molecule has 0 heterocycles. The molecule has 1 aromatic carbocycles. The van der Waals surface area contributed by atoms with Gasteiger partial charge in [0, 0.05) is 5.56 Å². The molecule has 0 fully saturated rings. The van der Waals surface area contributed by atoms with Crippen LogP contribution < -0.4 is 14.7 Å². The van der Waals surface area contributed by atoms with Crippen LogP contribution in [0.15, 0.2) is 30.3 Å². The Bertz CT molecular complexity index is 289. The van der Waals surface area contributed by atoms with Gasteiger partial charge in [-0.3, -0.25) is 4.79 Å². The Balaban J connectivity index is -0.000000185. The Morgan fingerprint density at radius 3 is 1.60 bits per heavy atom. The maximum Gasteiger partial charge on any atom is 4.00 e. The number of hydrogen-bond acceptors (Lipinski definition) is 6. The number of aldehydes is 1. The van der Waals surface area contributed by atoms with Crippen LogP contribution in [0.5, 0.6) is 0 Å². The fraction of sp³-hybridized carbons (Fsp3) is 0. The van der Waals surface area contributed by atoms with E-state index in [-0.39, 0.29) is 24.0 Å². The summed E-state index contributed by atoms with van der Waals surface area (Å²) in [5.41, 5.74) is 0.729. The van der Waals surface area contributed by atoms with Gasteiger partial charge in [-0.05, 0) is 0 Å². The molecule has 0 aliphatic heterocycles. The minimum Gasteiger partial charge on any atom is -0.870 e. The summed E-state index contributed by atoms with van der Waals surface area (Å²) in [6.45, 7) is 0. The smallest absolute Gasteiger partial charge is 0.870 e. The third-order valence-electron chi connectivity index (χ3n) is 0.936. The zero-order valence-corrected chi connectivity index (χ0v) is 9.64. The first-order valence-electron chi connectivity index (χ1n) is 3.17. The molecule has 1 rings (SSSR count). The van der Waals surface area contributed by atoms with Crippen molar-refractivity contribution in [3.8, 4) is 0 Å². The maximum absolute atomic E-state index is 10.0.